The molecule has 5 nitrogen and oxygen atoms in total. The largest absolute Gasteiger partial charge is 0.368 e. The van der Waals surface area contributed by atoms with Crippen LogP contribution in [0.2, 0.25) is 0 Å². The minimum absolute atomic E-state index is 0.183. The molecule has 120 valence electrons. The number of carbonyl (C=O) groups is 1. The Morgan fingerprint density at radius 1 is 1.27 bits per heavy atom. The van der Waals surface area contributed by atoms with E-state index in [1.807, 2.05) is 12.1 Å². The van der Waals surface area contributed by atoms with Crippen LogP contribution in [0.5, 0.6) is 0 Å². The third kappa shape index (κ3) is 2.90. The van der Waals surface area contributed by atoms with E-state index in [-0.39, 0.29) is 5.91 Å². The van der Waals surface area contributed by atoms with Gasteiger partial charge in [-0.25, -0.2) is 4.98 Å². The van der Waals surface area contributed by atoms with Crippen molar-refractivity contribution in [2.24, 2.45) is 5.41 Å². The zero-order valence-electron chi connectivity index (χ0n) is 12.8. The molecule has 1 aromatic heterocycles. The summed E-state index contributed by atoms with van der Waals surface area (Å²) in [6, 6.07) is 3.80. The van der Waals surface area contributed by atoms with Crippen LogP contribution in [0.25, 0.3) is 0 Å². The molecule has 0 spiro atoms. The minimum atomic E-state index is -0.961. The Morgan fingerprint density at radius 3 is 2.41 bits per heavy atom. The number of nitrogens with one attached hydrogen (secondary N) is 1. The summed E-state index contributed by atoms with van der Waals surface area (Å²) < 4.78 is -0.961. The molecular weight excluding hydrogens is 323 g/mol. The van der Waals surface area contributed by atoms with Crippen LogP contribution < -0.4 is 10.2 Å². The predicted molar refractivity (Wildman–Crippen MR) is 89.7 cm³/mol. The van der Waals surface area contributed by atoms with Gasteiger partial charge in [-0.05, 0) is 32.5 Å². The zero-order valence-corrected chi connectivity index (χ0v) is 14.3. The van der Waals surface area contributed by atoms with Crippen LogP contribution in [0.3, 0.4) is 0 Å². The van der Waals surface area contributed by atoms with Crippen LogP contribution in [0.4, 0.5) is 11.5 Å². The van der Waals surface area contributed by atoms with Gasteiger partial charge in [0, 0.05) is 26.2 Å². The number of halogens is 2. The molecule has 7 heteroatoms. The number of amides is 1. The van der Waals surface area contributed by atoms with Gasteiger partial charge in [0.05, 0.1) is 17.3 Å². The number of hydrogen-bond acceptors (Lipinski definition) is 4. The normalized spacial score (nSPS) is 27.5. The van der Waals surface area contributed by atoms with Gasteiger partial charge < -0.3 is 15.1 Å². The second kappa shape index (κ2) is 5.55. The summed E-state index contributed by atoms with van der Waals surface area (Å²) in [6.45, 7) is 5.83. The van der Waals surface area contributed by atoms with Gasteiger partial charge in [-0.2, -0.15) is 0 Å². The maximum atomic E-state index is 12.2. The Morgan fingerprint density at radius 2 is 1.91 bits per heavy atom. The summed E-state index contributed by atoms with van der Waals surface area (Å²) in [5.74, 6) is 0.345. The topological polar surface area (TPSA) is 48.5 Å². The van der Waals surface area contributed by atoms with Gasteiger partial charge in [-0.3, -0.25) is 4.79 Å². The van der Waals surface area contributed by atoms with E-state index in [0.717, 1.165) is 31.9 Å². The molecule has 3 rings (SSSR count). The third-order valence-electron chi connectivity index (χ3n) is 4.62. The Labute approximate surface area is 140 Å². The van der Waals surface area contributed by atoms with Crippen molar-refractivity contribution in [2.75, 3.05) is 43.4 Å². The highest BCUT2D eigenvalue weighted by atomic mass is 35.5. The van der Waals surface area contributed by atoms with Crippen LogP contribution in [0, 0.1) is 5.41 Å². The molecule has 0 bridgehead atoms. The summed E-state index contributed by atoms with van der Waals surface area (Å²) in [4.78, 5) is 21.1. The van der Waals surface area contributed by atoms with Crippen molar-refractivity contribution in [1.82, 2.24) is 9.88 Å². The second-order valence-corrected chi connectivity index (χ2v) is 7.84. The van der Waals surface area contributed by atoms with Crippen molar-refractivity contribution in [1.29, 1.82) is 0 Å². The molecular formula is C15H20Cl2N4O. The number of rotatable bonds is 3. The first-order chi connectivity index (χ1) is 10.3. The van der Waals surface area contributed by atoms with Crippen molar-refractivity contribution in [3.05, 3.63) is 18.3 Å². The van der Waals surface area contributed by atoms with Crippen LogP contribution in [-0.2, 0) is 4.79 Å². The molecule has 2 heterocycles. The lowest BCUT2D eigenvalue weighted by Crippen LogP contribution is -2.44. The molecule has 22 heavy (non-hydrogen) atoms. The monoisotopic (exact) mass is 342 g/mol. The molecule has 0 radical (unpaired) electrons. The first-order valence-corrected chi connectivity index (χ1v) is 8.16. The fourth-order valence-electron chi connectivity index (χ4n) is 2.61. The van der Waals surface area contributed by atoms with E-state index in [1.54, 1.807) is 13.1 Å². The molecule has 1 saturated heterocycles. The van der Waals surface area contributed by atoms with Crippen LogP contribution >= 0.6 is 23.2 Å². The average molecular weight is 343 g/mol. The van der Waals surface area contributed by atoms with Crippen molar-refractivity contribution >= 4 is 40.6 Å². The first-order valence-electron chi connectivity index (χ1n) is 7.41. The number of carbonyl (C=O) groups excluding carboxylic acids is 1. The second-order valence-electron chi connectivity index (χ2n) is 6.36. The summed E-state index contributed by atoms with van der Waals surface area (Å²) in [5.41, 5.74) is 0.348. The Bertz CT molecular complexity index is 569. The lowest BCUT2D eigenvalue weighted by Gasteiger charge is -2.33. The minimum Gasteiger partial charge on any atom is -0.368 e. The molecule has 2 aliphatic rings. The van der Waals surface area contributed by atoms with Gasteiger partial charge in [0.1, 0.15) is 10.2 Å². The summed E-state index contributed by atoms with van der Waals surface area (Å²) in [5, 5.41) is 2.79. The highest BCUT2D eigenvalue weighted by molar-refractivity contribution is 6.53. The molecule has 1 atom stereocenters. The number of pyridine rings is 1. The van der Waals surface area contributed by atoms with E-state index in [1.165, 1.54) is 0 Å². The number of nitrogens with zero attached hydrogens (tertiary/aromatic N) is 3. The fraction of sp³-hybridized carbons (Fsp3) is 0.600. The molecule has 1 N–H and O–H groups in total. The first kappa shape index (κ1) is 15.8. The van der Waals surface area contributed by atoms with Crippen molar-refractivity contribution in [2.45, 2.75) is 17.7 Å². The molecule has 2 fully saturated rings. The van der Waals surface area contributed by atoms with E-state index in [0.29, 0.717) is 12.2 Å². The quantitative estimate of drug-likeness (QED) is 0.856. The van der Waals surface area contributed by atoms with Crippen LogP contribution in [-0.4, -0.2) is 53.4 Å². The van der Waals surface area contributed by atoms with E-state index in [4.69, 9.17) is 23.2 Å². The molecule has 1 aliphatic heterocycles. The van der Waals surface area contributed by atoms with Crippen LogP contribution in [0.1, 0.15) is 13.3 Å². The Hall–Kier alpha value is -1.04. The summed E-state index contributed by atoms with van der Waals surface area (Å²) in [7, 11) is 2.13. The Kier molecular flexibility index (Phi) is 4.00. The molecule has 1 saturated carbocycles. The number of anilines is 2. The summed E-state index contributed by atoms with van der Waals surface area (Å²) in [6.07, 6.45) is 2.26. The smallest absolute Gasteiger partial charge is 0.234 e. The number of aromatic nitrogens is 1. The highest BCUT2D eigenvalue weighted by Gasteiger charge is 2.67. The number of hydrogen-bond donors (Lipinski definition) is 1. The number of piperazine rings is 1. The van der Waals surface area contributed by atoms with Gasteiger partial charge in [0.2, 0.25) is 5.91 Å². The van der Waals surface area contributed by atoms with E-state index in [2.05, 4.69) is 27.1 Å². The van der Waals surface area contributed by atoms with E-state index < -0.39 is 9.75 Å². The average Bonchev–Trinajstić information content (AvgIpc) is 3.01. The summed E-state index contributed by atoms with van der Waals surface area (Å²) >= 11 is 12.0. The van der Waals surface area contributed by atoms with E-state index >= 15 is 0 Å². The number of likely N-dealkylation sites (N-methyl/N-ethyl adjacent to an activating group) is 1. The van der Waals surface area contributed by atoms with Crippen molar-refractivity contribution < 1.29 is 4.79 Å². The maximum absolute atomic E-state index is 12.2. The third-order valence-corrected chi connectivity index (χ3v) is 5.72. The maximum Gasteiger partial charge on any atom is 0.234 e. The van der Waals surface area contributed by atoms with Gasteiger partial charge in [-0.15, -0.1) is 23.2 Å². The van der Waals surface area contributed by atoms with Gasteiger partial charge in [0.15, 0.2) is 0 Å². The molecule has 1 unspecified atom stereocenters. The van der Waals surface area contributed by atoms with Gasteiger partial charge >= 0.3 is 0 Å². The lowest BCUT2D eigenvalue weighted by molar-refractivity contribution is -0.120. The SMILES string of the molecule is CN1CCN(c2ccc(NC(=O)C3(C)CC3(Cl)Cl)nc2)CC1. The van der Waals surface area contributed by atoms with Crippen molar-refractivity contribution in [3.63, 3.8) is 0 Å². The molecule has 1 aliphatic carbocycles. The van der Waals surface area contributed by atoms with Gasteiger partial charge in [-0.1, -0.05) is 0 Å². The molecule has 0 aromatic carbocycles. The van der Waals surface area contributed by atoms with Crippen molar-refractivity contribution in [3.8, 4) is 0 Å². The fourth-order valence-corrected chi connectivity index (χ4v) is 3.32. The molecule has 1 amide bonds. The lowest BCUT2D eigenvalue weighted by atomic mass is 10.1. The Balaban J connectivity index is 1.61. The van der Waals surface area contributed by atoms with Gasteiger partial charge in [0.25, 0.3) is 0 Å². The number of alkyl halides is 2. The van der Waals surface area contributed by atoms with E-state index in [9.17, 15) is 4.79 Å². The molecule has 1 aromatic rings. The predicted octanol–water partition coefficient (Wildman–Crippen LogP) is 2.36. The van der Waals surface area contributed by atoms with Crippen LogP contribution in [0.15, 0.2) is 18.3 Å². The highest BCUT2D eigenvalue weighted by Crippen LogP contribution is 2.64. The zero-order chi connectivity index (χ0) is 16.0. The standard InChI is InChI=1S/C15H20Cl2N4O/c1-14(10-15(14,16)17)13(22)19-12-4-3-11(9-18-12)21-7-5-20(2)6-8-21/h3-4,9H,5-8,10H2,1-2H3,(H,18,19,22).